The van der Waals surface area contributed by atoms with Crippen LogP contribution in [0.25, 0.3) is 10.4 Å². The first-order chi connectivity index (χ1) is 22.0. The van der Waals surface area contributed by atoms with E-state index in [4.69, 9.17) is 18.3 Å². The molecule has 276 valence electrons. The lowest BCUT2D eigenvalue weighted by atomic mass is 9.48. The van der Waals surface area contributed by atoms with Crippen molar-refractivity contribution in [2.45, 2.75) is 175 Å². The standard InChI is InChI=1S/C39H73N3O4Si2/c1-26-15-20-39(43-24-26)27(2)34-33(45-39)22-32-30(23-41-42-40)31(17-19-38(32,34)10)37(9)18-16-29(46-48(13,14)36(6,7)8)21-28(37)25-44-47(11,12)35(3,4)5/h26-34H,15-25H2,1-14H3/t26-,27+,28-,29+,30-,31+,32+,33+,34+,37+,38+,39-/m1/s1. The van der Waals surface area contributed by atoms with Crippen LogP contribution in [0.5, 0.6) is 0 Å². The summed E-state index contributed by atoms with van der Waals surface area (Å²) in [6.45, 7) is 35.8. The average Bonchev–Trinajstić information content (AvgIpc) is 3.42. The third-order valence-electron chi connectivity index (χ3n) is 16.1. The Morgan fingerprint density at radius 2 is 1.50 bits per heavy atom. The summed E-state index contributed by atoms with van der Waals surface area (Å²) < 4.78 is 27.9. The Morgan fingerprint density at radius 3 is 2.08 bits per heavy atom. The van der Waals surface area contributed by atoms with Gasteiger partial charge in [0.25, 0.3) is 0 Å². The molecular weight excluding hydrogens is 631 g/mol. The predicted octanol–water partition coefficient (Wildman–Crippen LogP) is 11.4. The Kier molecular flexibility index (Phi) is 10.7. The summed E-state index contributed by atoms with van der Waals surface area (Å²) in [6, 6.07) is 0. The number of hydrogen-bond donors (Lipinski definition) is 0. The summed E-state index contributed by atoms with van der Waals surface area (Å²) in [5, 5.41) is 4.73. The highest BCUT2D eigenvalue weighted by Gasteiger charge is 2.68. The van der Waals surface area contributed by atoms with Gasteiger partial charge in [0.15, 0.2) is 22.4 Å². The highest BCUT2D eigenvalue weighted by atomic mass is 28.4. The van der Waals surface area contributed by atoms with Crippen LogP contribution in [0.4, 0.5) is 0 Å². The van der Waals surface area contributed by atoms with Crippen molar-refractivity contribution in [3.8, 4) is 0 Å². The van der Waals surface area contributed by atoms with Gasteiger partial charge in [0.1, 0.15) is 0 Å². The normalized spacial score (nSPS) is 43.9. The fourth-order valence-electron chi connectivity index (χ4n) is 10.9. The topological polar surface area (TPSA) is 85.7 Å². The molecule has 2 heterocycles. The molecule has 12 atom stereocenters. The Labute approximate surface area is 296 Å². The lowest BCUT2D eigenvalue weighted by Gasteiger charge is -2.58. The molecule has 7 nitrogen and oxygen atoms in total. The third kappa shape index (κ3) is 6.78. The Balaban J connectivity index is 1.44. The highest BCUT2D eigenvalue weighted by Crippen LogP contribution is 2.69. The van der Waals surface area contributed by atoms with E-state index in [-0.39, 0.29) is 33.1 Å². The average molecular weight is 704 g/mol. The molecule has 5 aliphatic rings. The Bertz CT molecular complexity index is 1200. The van der Waals surface area contributed by atoms with Gasteiger partial charge in [-0.3, -0.25) is 0 Å². The summed E-state index contributed by atoms with van der Waals surface area (Å²) in [7, 11) is -3.85. The van der Waals surface area contributed by atoms with Crippen molar-refractivity contribution in [2.24, 2.45) is 57.4 Å². The minimum atomic E-state index is -1.95. The van der Waals surface area contributed by atoms with Crippen LogP contribution in [0.2, 0.25) is 36.3 Å². The van der Waals surface area contributed by atoms with Gasteiger partial charge in [0.05, 0.1) is 12.7 Å². The SMILES string of the molecule is C[C@@H]1CC[C@@]2(OC1)O[C@H]1C[C@H]3[C@H](CN=[N+]=[N-])[C@@H]([C@@]4(C)CC[C@H](O[Si](C)(C)C(C)(C)C)C[C@@H]4CO[Si](C)(C)C(C)(C)C)CC[C@]3(C)[C@H]1[C@@H]2C. The van der Waals surface area contributed by atoms with Crippen LogP contribution in [-0.4, -0.2) is 54.4 Å². The molecule has 5 rings (SSSR count). The van der Waals surface area contributed by atoms with E-state index >= 15 is 0 Å². The summed E-state index contributed by atoms with van der Waals surface area (Å²) in [6.07, 6.45) is 9.49. The molecule has 0 aromatic rings. The molecule has 0 unspecified atom stereocenters. The van der Waals surface area contributed by atoms with Gasteiger partial charge in [-0.05, 0) is 133 Å². The second kappa shape index (κ2) is 13.2. The van der Waals surface area contributed by atoms with Crippen LogP contribution in [0.15, 0.2) is 5.11 Å². The van der Waals surface area contributed by atoms with Crippen LogP contribution >= 0.6 is 0 Å². The molecule has 48 heavy (non-hydrogen) atoms. The molecule has 0 radical (unpaired) electrons. The Hall–Kier alpha value is -0.416. The van der Waals surface area contributed by atoms with E-state index < -0.39 is 22.4 Å². The van der Waals surface area contributed by atoms with Crippen LogP contribution < -0.4 is 0 Å². The van der Waals surface area contributed by atoms with Gasteiger partial charge in [-0.15, -0.1) is 0 Å². The lowest BCUT2D eigenvalue weighted by molar-refractivity contribution is -0.272. The zero-order chi connectivity index (χ0) is 35.7. The van der Waals surface area contributed by atoms with Crippen molar-refractivity contribution in [2.75, 3.05) is 19.8 Å². The monoisotopic (exact) mass is 704 g/mol. The highest BCUT2D eigenvalue weighted by molar-refractivity contribution is 6.74. The van der Waals surface area contributed by atoms with Gasteiger partial charge in [-0.2, -0.15) is 0 Å². The zero-order valence-electron chi connectivity index (χ0n) is 33.4. The maximum atomic E-state index is 9.65. The first kappa shape index (κ1) is 38.8. The zero-order valence-corrected chi connectivity index (χ0v) is 35.4. The molecule has 5 fully saturated rings. The second-order valence-corrected chi connectivity index (χ2v) is 30.4. The van der Waals surface area contributed by atoms with Crippen molar-refractivity contribution in [3.63, 3.8) is 0 Å². The van der Waals surface area contributed by atoms with E-state index in [2.05, 4.69) is 105 Å². The largest absolute Gasteiger partial charge is 0.417 e. The van der Waals surface area contributed by atoms with Gasteiger partial charge < -0.3 is 18.3 Å². The minimum Gasteiger partial charge on any atom is -0.417 e. The number of azide groups is 1. The predicted molar refractivity (Wildman–Crippen MR) is 202 cm³/mol. The van der Waals surface area contributed by atoms with Crippen LogP contribution in [0, 0.1) is 52.3 Å². The third-order valence-corrected chi connectivity index (χ3v) is 25.1. The van der Waals surface area contributed by atoms with Crippen molar-refractivity contribution < 1.29 is 18.3 Å². The first-order valence-corrected chi connectivity index (χ1v) is 25.5. The molecule has 0 bridgehead atoms. The van der Waals surface area contributed by atoms with Crippen LogP contribution in [0.3, 0.4) is 0 Å². The van der Waals surface area contributed by atoms with E-state index in [9.17, 15) is 5.53 Å². The fourth-order valence-corrected chi connectivity index (χ4v) is 13.3. The number of hydrogen-bond acceptors (Lipinski definition) is 5. The van der Waals surface area contributed by atoms with E-state index in [0.29, 0.717) is 48.0 Å². The maximum Gasteiger partial charge on any atom is 0.192 e. The van der Waals surface area contributed by atoms with Crippen LogP contribution in [-0.2, 0) is 18.3 Å². The van der Waals surface area contributed by atoms with E-state index in [1.807, 2.05) is 0 Å². The van der Waals surface area contributed by atoms with Crippen molar-refractivity contribution in [1.82, 2.24) is 0 Å². The van der Waals surface area contributed by atoms with E-state index in [0.717, 1.165) is 45.3 Å². The van der Waals surface area contributed by atoms with Crippen molar-refractivity contribution in [1.29, 1.82) is 0 Å². The van der Waals surface area contributed by atoms with Crippen molar-refractivity contribution in [3.05, 3.63) is 10.4 Å². The number of nitrogens with zero attached hydrogens (tertiary/aromatic N) is 3. The minimum absolute atomic E-state index is 0.0979. The van der Waals surface area contributed by atoms with E-state index in [1.54, 1.807) is 0 Å². The molecule has 9 heteroatoms. The summed E-state index contributed by atoms with van der Waals surface area (Å²) in [5.41, 5.74) is 9.92. The molecule has 0 amide bonds. The van der Waals surface area contributed by atoms with Crippen molar-refractivity contribution >= 4 is 16.6 Å². The quantitative estimate of drug-likeness (QED) is 0.109. The van der Waals surface area contributed by atoms with Gasteiger partial charge in [-0.1, -0.05) is 74.4 Å². The number of ether oxygens (including phenoxy) is 2. The molecule has 2 aliphatic heterocycles. The molecule has 2 saturated heterocycles. The molecular formula is C39H73N3O4Si2. The van der Waals surface area contributed by atoms with Gasteiger partial charge in [-0.25, -0.2) is 0 Å². The smallest absolute Gasteiger partial charge is 0.192 e. The summed E-state index contributed by atoms with van der Waals surface area (Å²) >= 11 is 0. The van der Waals surface area contributed by atoms with Gasteiger partial charge >= 0.3 is 0 Å². The molecule has 3 saturated carbocycles. The molecule has 0 aromatic heterocycles. The van der Waals surface area contributed by atoms with Gasteiger partial charge in [0, 0.05) is 36.5 Å². The second-order valence-electron chi connectivity index (χ2n) is 20.9. The lowest BCUT2D eigenvalue weighted by Crippen LogP contribution is -2.55. The maximum absolute atomic E-state index is 9.65. The molecule has 3 aliphatic carbocycles. The van der Waals surface area contributed by atoms with Crippen LogP contribution in [0.1, 0.15) is 121 Å². The molecule has 0 N–H and O–H groups in total. The summed E-state index contributed by atoms with van der Waals surface area (Å²) in [4.78, 5) is 3.36. The van der Waals surface area contributed by atoms with E-state index in [1.165, 1.54) is 19.3 Å². The molecule has 0 aromatic carbocycles. The number of rotatable bonds is 8. The summed E-state index contributed by atoms with van der Waals surface area (Å²) in [5.74, 6) is 2.80. The van der Waals surface area contributed by atoms with Gasteiger partial charge in [0.2, 0.25) is 0 Å². The number of fused-ring (bicyclic) bond motifs is 3. The molecule has 1 spiro atoms. The first-order valence-electron chi connectivity index (χ1n) is 19.7. The Morgan fingerprint density at radius 1 is 0.854 bits per heavy atom. The fraction of sp³-hybridized carbons (Fsp3) is 1.00.